The van der Waals surface area contributed by atoms with Crippen LogP contribution in [0, 0.1) is 11.8 Å². The van der Waals surface area contributed by atoms with Crippen molar-refractivity contribution in [1.29, 1.82) is 0 Å². The molecule has 14 heavy (non-hydrogen) atoms. The number of hydrogen-bond donors (Lipinski definition) is 0. The molecule has 0 saturated heterocycles. The molecule has 80 valence electrons. The smallest absolute Gasteiger partial charge is 0.298 e. The van der Waals surface area contributed by atoms with Crippen LogP contribution >= 0.6 is 27.7 Å². The molecule has 2 aliphatic rings. The number of Topliss-reactive ketones (excluding diaryl/α,β-unsaturated/α-hetero) is 1. The minimum Gasteiger partial charge on any atom is -0.298 e. The third-order valence-electron chi connectivity index (χ3n) is 3.40. The van der Waals surface area contributed by atoms with E-state index < -0.39 is 9.58 Å². The number of carbonyl (C=O) groups excluding carboxylic acids is 1. The Balaban J connectivity index is 2.37. The maximum absolute atomic E-state index is 13.6. The molecule has 1 unspecified atom stereocenters. The highest BCUT2D eigenvalue weighted by molar-refractivity contribution is 9.10. The second-order valence-corrected chi connectivity index (χ2v) is 6.18. The van der Waals surface area contributed by atoms with E-state index in [1.54, 1.807) is 0 Å². The van der Waals surface area contributed by atoms with Crippen molar-refractivity contribution >= 4 is 33.5 Å². The molecule has 0 N–H and O–H groups in total. The number of alkyl halides is 3. The molecule has 0 aromatic rings. The van der Waals surface area contributed by atoms with Crippen LogP contribution in [0.2, 0.25) is 0 Å². The molecule has 2 aliphatic carbocycles. The summed E-state index contributed by atoms with van der Waals surface area (Å²) in [7, 11) is 0. The molecule has 5 heteroatoms. The van der Waals surface area contributed by atoms with Gasteiger partial charge in [-0.25, -0.2) is 0 Å². The molecule has 2 fully saturated rings. The summed E-state index contributed by atoms with van der Waals surface area (Å²) >= 11 is 3.50. The van der Waals surface area contributed by atoms with E-state index in [9.17, 15) is 13.6 Å². The summed E-state index contributed by atoms with van der Waals surface area (Å²) in [5.74, 6) is -0.590. The molecule has 3 atom stereocenters. The average Bonchev–Trinajstić information content (AvgIpc) is 2.70. The predicted molar refractivity (Wildman–Crippen MR) is 56.0 cm³/mol. The SMILES string of the molecule is CSC(F)(F)C1(Br)C(=O)[C@H]2CC[C@@H]1C2. The molecular formula is C9H11BrF2OS. The summed E-state index contributed by atoms with van der Waals surface area (Å²) in [6, 6.07) is 0. The summed E-state index contributed by atoms with van der Waals surface area (Å²) < 4.78 is 25.7. The van der Waals surface area contributed by atoms with Crippen molar-refractivity contribution in [2.24, 2.45) is 11.8 Å². The number of fused-ring (bicyclic) bond motifs is 2. The van der Waals surface area contributed by atoms with Crippen molar-refractivity contribution in [3.63, 3.8) is 0 Å². The van der Waals surface area contributed by atoms with E-state index in [4.69, 9.17) is 0 Å². The fraction of sp³-hybridized carbons (Fsp3) is 0.889. The molecule has 2 saturated carbocycles. The van der Waals surface area contributed by atoms with Gasteiger partial charge in [0.05, 0.1) is 0 Å². The van der Waals surface area contributed by atoms with Gasteiger partial charge in [-0.15, -0.1) is 0 Å². The Hall–Kier alpha value is 0.360. The lowest BCUT2D eigenvalue weighted by Crippen LogP contribution is -2.51. The molecule has 0 radical (unpaired) electrons. The van der Waals surface area contributed by atoms with Crippen molar-refractivity contribution in [2.75, 3.05) is 6.26 Å². The van der Waals surface area contributed by atoms with Gasteiger partial charge in [-0.2, -0.15) is 8.78 Å². The summed E-state index contributed by atoms with van der Waals surface area (Å²) in [5, 5.41) is -2.98. The highest BCUT2D eigenvalue weighted by atomic mass is 79.9. The van der Waals surface area contributed by atoms with E-state index in [-0.39, 0.29) is 17.6 Å². The molecule has 0 spiro atoms. The Labute approximate surface area is 94.1 Å². The number of hydrogen-bond acceptors (Lipinski definition) is 2. The zero-order valence-corrected chi connectivity index (χ0v) is 10.1. The molecule has 0 heterocycles. The van der Waals surface area contributed by atoms with Gasteiger partial charge in [-0.3, -0.25) is 4.79 Å². The minimum absolute atomic E-state index is 0.127. The van der Waals surface area contributed by atoms with Gasteiger partial charge in [0, 0.05) is 5.92 Å². The van der Waals surface area contributed by atoms with Gasteiger partial charge in [0.1, 0.15) is 0 Å². The summed E-state index contributed by atoms with van der Waals surface area (Å²) in [5.41, 5.74) is 0. The Morgan fingerprint density at radius 1 is 1.57 bits per heavy atom. The third-order valence-corrected chi connectivity index (χ3v) is 6.04. The zero-order chi connectivity index (χ0) is 10.6. The summed E-state index contributed by atoms with van der Waals surface area (Å²) in [6.45, 7) is 0. The van der Waals surface area contributed by atoms with E-state index in [1.807, 2.05) is 0 Å². The third kappa shape index (κ3) is 1.14. The second-order valence-electron chi connectivity index (χ2n) is 4.00. The van der Waals surface area contributed by atoms with Crippen LogP contribution in [-0.4, -0.2) is 21.6 Å². The first kappa shape index (κ1) is 10.9. The normalized spacial score (nSPS) is 42.1. The summed E-state index contributed by atoms with van der Waals surface area (Å²) in [4.78, 5) is 11.8. The van der Waals surface area contributed by atoms with Gasteiger partial charge in [0.25, 0.3) is 0 Å². The van der Waals surface area contributed by atoms with Gasteiger partial charge in [-0.1, -0.05) is 27.7 Å². The molecule has 2 rings (SSSR count). The topological polar surface area (TPSA) is 17.1 Å². The predicted octanol–water partition coefficient (Wildman–Crippen LogP) is 3.07. The second kappa shape index (κ2) is 3.17. The Morgan fingerprint density at radius 2 is 2.21 bits per heavy atom. The maximum Gasteiger partial charge on any atom is 0.315 e. The van der Waals surface area contributed by atoms with Crippen LogP contribution in [0.15, 0.2) is 0 Å². The molecule has 0 amide bonds. The first-order valence-corrected chi connectivity index (χ1v) is 6.61. The van der Waals surface area contributed by atoms with E-state index in [0.717, 1.165) is 12.8 Å². The number of ketones is 1. The van der Waals surface area contributed by atoms with E-state index in [1.165, 1.54) is 6.26 Å². The number of thioether (sulfide) groups is 1. The number of halogens is 3. The van der Waals surface area contributed by atoms with E-state index >= 15 is 0 Å². The lowest BCUT2D eigenvalue weighted by Gasteiger charge is -2.36. The van der Waals surface area contributed by atoms with Crippen LogP contribution in [0.4, 0.5) is 8.78 Å². The lowest BCUT2D eigenvalue weighted by atomic mass is 9.87. The number of rotatable bonds is 2. The molecule has 0 aromatic heterocycles. The van der Waals surface area contributed by atoms with Gasteiger partial charge in [0.2, 0.25) is 0 Å². The lowest BCUT2D eigenvalue weighted by molar-refractivity contribution is -0.129. The van der Waals surface area contributed by atoms with Crippen LogP contribution in [0.1, 0.15) is 19.3 Å². The standard InChI is InChI=1S/C9H11BrF2OS/c1-14-9(11,12)8(10)6-3-2-5(4-6)7(8)13/h5-6H,2-4H2,1H3/t5-,6+,8?/m0/s1. The Kier molecular flexibility index (Phi) is 2.46. The monoisotopic (exact) mass is 284 g/mol. The van der Waals surface area contributed by atoms with Crippen molar-refractivity contribution in [1.82, 2.24) is 0 Å². The van der Waals surface area contributed by atoms with E-state index in [2.05, 4.69) is 15.9 Å². The highest BCUT2D eigenvalue weighted by Gasteiger charge is 2.68. The van der Waals surface area contributed by atoms with Crippen LogP contribution in [0.25, 0.3) is 0 Å². The fourth-order valence-electron chi connectivity index (χ4n) is 2.61. The van der Waals surface area contributed by atoms with Gasteiger partial charge >= 0.3 is 5.25 Å². The highest BCUT2D eigenvalue weighted by Crippen LogP contribution is 2.61. The van der Waals surface area contributed by atoms with Gasteiger partial charge in [0.15, 0.2) is 10.1 Å². The molecule has 0 aromatic carbocycles. The quantitative estimate of drug-likeness (QED) is 0.725. The van der Waals surface area contributed by atoms with Crippen molar-refractivity contribution in [3.8, 4) is 0 Å². The Bertz CT molecular complexity index is 284. The Morgan fingerprint density at radius 3 is 2.64 bits per heavy atom. The maximum atomic E-state index is 13.6. The van der Waals surface area contributed by atoms with Crippen LogP contribution in [-0.2, 0) is 4.79 Å². The van der Waals surface area contributed by atoms with Gasteiger partial charge < -0.3 is 0 Å². The molecule has 1 nitrogen and oxygen atoms in total. The first-order chi connectivity index (χ1) is 6.43. The van der Waals surface area contributed by atoms with Crippen molar-refractivity contribution in [2.45, 2.75) is 28.8 Å². The fourth-order valence-corrected chi connectivity index (χ4v) is 4.40. The van der Waals surface area contributed by atoms with Crippen LogP contribution < -0.4 is 0 Å². The number of carbonyl (C=O) groups is 1. The van der Waals surface area contributed by atoms with Crippen LogP contribution in [0.5, 0.6) is 0 Å². The molecule has 2 bridgehead atoms. The molecular weight excluding hydrogens is 274 g/mol. The average molecular weight is 285 g/mol. The van der Waals surface area contributed by atoms with Crippen molar-refractivity contribution < 1.29 is 13.6 Å². The summed E-state index contributed by atoms with van der Waals surface area (Å²) in [6.07, 6.45) is 3.53. The van der Waals surface area contributed by atoms with Gasteiger partial charge in [-0.05, 0) is 31.4 Å². The molecule has 0 aliphatic heterocycles. The first-order valence-electron chi connectivity index (χ1n) is 4.59. The largest absolute Gasteiger partial charge is 0.315 e. The minimum atomic E-state index is -2.98. The van der Waals surface area contributed by atoms with Crippen LogP contribution in [0.3, 0.4) is 0 Å². The van der Waals surface area contributed by atoms with Crippen molar-refractivity contribution in [3.05, 3.63) is 0 Å². The zero-order valence-electron chi connectivity index (χ0n) is 7.73. The van der Waals surface area contributed by atoms with E-state index in [0.29, 0.717) is 18.2 Å².